The van der Waals surface area contributed by atoms with E-state index < -0.39 is 14.2 Å². The Morgan fingerprint density at radius 2 is 1.86 bits per heavy atom. The standard InChI is InChI=1S/C2H6BrNO2S/c1-2(3)7(4,5)6/h2H,1H3,(H2,4,5,6). The van der Waals surface area contributed by atoms with E-state index in [-0.39, 0.29) is 0 Å². The van der Waals surface area contributed by atoms with Gasteiger partial charge in [-0.1, -0.05) is 15.9 Å². The van der Waals surface area contributed by atoms with Gasteiger partial charge in [0.15, 0.2) is 0 Å². The molecule has 1 atom stereocenters. The van der Waals surface area contributed by atoms with Crippen LogP contribution < -0.4 is 5.14 Å². The van der Waals surface area contributed by atoms with E-state index in [1.54, 1.807) is 0 Å². The second-order valence-corrected chi connectivity index (χ2v) is 5.00. The molecule has 0 saturated carbocycles. The van der Waals surface area contributed by atoms with Gasteiger partial charge in [0.05, 0.1) is 0 Å². The molecule has 7 heavy (non-hydrogen) atoms. The largest absolute Gasteiger partial charge is 0.228 e. The van der Waals surface area contributed by atoms with Crippen molar-refractivity contribution in [3.63, 3.8) is 0 Å². The van der Waals surface area contributed by atoms with E-state index in [9.17, 15) is 8.42 Å². The third kappa shape index (κ3) is 3.02. The molecule has 0 heterocycles. The molecule has 0 bridgehead atoms. The van der Waals surface area contributed by atoms with Crippen LogP contribution in [0, 0.1) is 0 Å². The maximum absolute atomic E-state index is 10.1. The van der Waals surface area contributed by atoms with Gasteiger partial charge in [0.1, 0.15) is 4.16 Å². The molecule has 0 aromatic rings. The van der Waals surface area contributed by atoms with Crippen molar-refractivity contribution in [2.24, 2.45) is 5.14 Å². The predicted molar refractivity (Wildman–Crippen MR) is 31.5 cm³/mol. The Kier molecular flexibility index (Phi) is 2.22. The summed E-state index contributed by atoms with van der Waals surface area (Å²) in [5.41, 5.74) is 0. The molecule has 1 unspecified atom stereocenters. The summed E-state index contributed by atoms with van der Waals surface area (Å²) >= 11 is 2.78. The average Bonchev–Trinajstić information content (AvgIpc) is 1.31. The highest BCUT2D eigenvalue weighted by molar-refractivity contribution is 9.11. The topological polar surface area (TPSA) is 60.2 Å². The number of hydrogen-bond donors (Lipinski definition) is 1. The average molecular weight is 188 g/mol. The molecule has 2 N–H and O–H groups in total. The number of nitrogens with two attached hydrogens (primary N) is 1. The fourth-order valence-corrected chi connectivity index (χ4v) is 0. The molecule has 0 aromatic carbocycles. The fourth-order valence-electron chi connectivity index (χ4n) is 0. The zero-order chi connectivity index (χ0) is 6.08. The van der Waals surface area contributed by atoms with Crippen molar-refractivity contribution in [1.29, 1.82) is 0 Å². The van der Waals surface area contributed by atoms with Gasteiger partial charge in [0, 0.05) is 0 Å². The van der Waals surface area contributed by atoms with E-state index in [0.29, 0.717) is 0 Å². The molecule has 0 aliphatic rings. The smallest absolute Gasteiger partial charge is 0.221 e. The van der Waals surface area contributed by atoms with Crippen LogP contribution in [-0.2, 0) is 10.0 Å². The third-order valence-electron chi connectivity index (χ3n) is 0.453. The van der Waals surface area contributed by atoms with Gasteiger partial charge in [-0.15, -0.1) is 0 Å². The summed E-state index contributed by atoms with van der Waals surface area (Å²) in [6.45, 7) is 1.45. The lowest BCUT2D eigenvalue weighted by Gasteiger charge is -1.94. The van der Waals surface area contributed by atoms with Crippen molar-refractivity contribution < 1.29 is 8.42 Å². The van der Waals surface area contributed by atoms with Crippen molar-refractivity contribution in [1.82, 2.24) is 0 Å². The molecule has 3 nitrogen and oxygen atoms in total. The number of primary sulfonamides is 1. The Morgan fingerprint density at radius 1 is 1.71 bits per heavy atom. The minimum absolute atomic E-state index is 0.639. The van der Waals surface area contributed by atoms with E-state index in [4.69, 9.17) is 0 Å². The lowest BCUT2D eigenvalue weighted by molar-refractivity contribution is 0.597. The van der Waals surface area contributed by atoms with Crippen LogP contribution >= 0.6 is 15.9 Å². The maximum atomic E-state index is 10.1. The van der Waals surface area contributed by atoms with Crippen molar-refractivity contribution in [3.05, 3.63) is 0 Å². The summed E-state index contributed by atoms with van der Waals surface area (Å²) in [6, 6.07) is 0. The monoisotopic (exact) mass is 187 g/mol. The molecule has 0 aromatic heterocycles. The first kappa shape index (κ1) is 7.39. The van der Waals surface area contributed by atoms with Gasteiger partial charge in [-0.05, 0) is 6.92 Å². The Morgan fingerprint density at radius 3 is 1.86 bits per heavy atom. The molecule has 0 amide bonds. The van der Waals surface area contributed by atoms with Gasteiger partial charge in [0.25, 0.3) is 0 Å². The van der Waals surface area contributed by atoms with E-state index in [1.165, 1.54) is 6.92 Å². The number of hydrogen-bond acceptors (Lipinski definition) is 2. The second-order valence-electron chi connectivity index (χ2n) is 1.13. The molecule has 0 aliphatic carbocycles. The molecule has 0 aliphatic heterocycles. The second kappa shape index (κ2) is 2.11. The lowest BCUT2D eigenvalue weighted by atomic mass is 11.0. The van der Waals surface area contributed by atoms with Crippen LogP contribution in [0.25, 0.3) is 0 Å². The molecule has 0 rings (SSSR count). The maximum Gasteiger partial charge on any atom is 0.221 e. The Hall–Kier alpha value is 0.390. The zero-order valence-corrected chi connectivity index (χ0v) is 6.16. The van der Waals surface area contributed by atoms with E-state index in [2.05, 4.69) is 21.1 Å². The van der Waals surface area contributed by atoms with Crippen LogP contribution in [0.4, 0.5) is 0 Å². The molecule has 0 fully saturated rings. The number of rotatable bonds is 1. The first-order valence-electron chi connectivity index (χ1n) is 1.60. The van der Waals surface area contributed by atoms with Crippen LogP contribution in [0.2, 0.25) is 0 Å². The fraction of sp³-hybridized carbons (Fsp3) is 1.00. The highest BCUT2D eigenvalue weighted by Gasteiger charge is 2.08. The number of alkyl halides is 1. The molecule has 0 radical (unpaired) electrons. The van der Waals surface area contributed by atoms with Crippen molar-refractivity contribution in [3.8, 4) is 0 Å². The molecule has 5 heteroatoms. The summed E-state index contributed by atoms with van der Waals surface area (Å²) in [6.07, 6.45) is 0. The molecular weight excluding hydrogens is 182 g/mol. The minimum atomic E-state index is -3.32. The van der Waals surface area contributed by atoms with Crippen LogP contribution in [0.3, 0.4) is 0 Å². The summed E-state index contributed by atoms with van der Waals surface area (Å²) in [4.78, 5) is 0. The van der Waals surface area contributed by atoms with Gasteiger partial charge in [-0.2, -0.15) is 0 Å². The number of sulfonamides is 1. The van der Waals surface area contributed by atoms with E-state index in [0.717, 1.165) is 0 Å². The minimum Gasteiger partial charge on any atom is -0.228 e. The van der Waals surface area contributed by atoms with Gasteiger partial charge in [-0.25, -0.2) is 13.6 Å². The summed E-state index contributed by atoms with van der Waals surface area (Å²) in [5, 5.41) is 4.60. The highest BCUT2D eigenvalue weighted by atomic mass is 79.9. The van der Waals surface area contributed by atoms with Gasteiger partial charge >= 0.3 is 0 Å². The van der Waals surface area contributed by atoms with Crippen LogP contribution in [0.15, 0.2) is 0 Å². The lowest BCUT2D eigenvalue weighted by Crippen LogP contribution is -2.20. The van der Waals surface area contributed by atoms with Crippen LogP contribution in [0.1, 0.15) is 6.92 Å². The quantitative estimate of drug-likeness (QED) is 0.589. The first-order valence-corrected chi connectivity index (χ1v) is 4.13. The van der Waals surface area contributed by atoms with Gasteiger partial charge in [0.2, 0.25) is 10.0 Å². The number of halogens is 1. The molecule has 44 valence electrons. The normalized spacial score (nSPS) is 16.4. The van der Waals surface area contributed by atoms with Crippen molar-refractivity contribution >= 4 is 26.0 Å². The summed E-state index contributed by atoms with van der Waals surface area (Å²) in [7, 11) is -3.32. The van der Waals surface area contributed by atoms with Crippen molar-refractivity contribution in [2.45, 2.75) is 11.1 Å². The highest BCUT2D eigenvalue weighted by Crippen LogP contribution is 2.00. The Balaban J connectivity index is 4.10. The van der Waals surface area contributed by atoms with Crippen LogP contribution in [0.5, 0.6) is 0 Å². The summed E-state index contributed by atoms with van der Waals surface area (Å²) < 4.78 is 19.5. The summed E-state index contributed by atoms with van der Waals surface area (Å²) in [5.74, 6) is 0. The van der Waals surface area contributed by atoms with Gasteiger partial charge < -0.3 is 0 Å². The predicted octanol–water partition coefficient (Wildman–Crippen LogP) is 0.0158. The molecular formula is C2H6BrNO2S. The Labute approximate surface area is 51.1 Å². The SMILES string of the molecule is CC(Br)S(N)(=O)=O. The zero-order valence-electron chi connectivity index (χ0n) is 3.76. The molecule has 0 saturated heterocycles. The third-order valence-corrected chi connectivity index (χ3v) is 2.92. The van der Waals surface area contributed by atoms with E-state index >= 15 is 0 Å². The van der Waals surface area contributed by atoms with Crippen LogP contribution in [-0.4, -0.2) is 12.6 Å². The Bertz CT molecular complexity index is 138. The molecule has 0 spiro atoms. The first-order chi connectivity index (χ1) is 2.94. The van der Waals surface area contributed by atoms with Gasteiger partial charge in [-0.3, -0.25) is 0 Å². The van der Waals surface area contributed by atoms with Crippen molar-refractivity contribution in [2.75, 3.05) is 0 Å². The van der Waals surface area contributed by atoms with E-state index in [1.807, 2.05) is 0 Å².